The number of anilines is 1. The number of aromatic nitrogens is 1. The molecule has 2 aromatic rings. The van der Waals surface area contributed by atoms with Crippen LogP contribution in [0.1, 0.15) is 24.2 Å². The van der Waals surface area contributed by atoms with Crippen LogP contribution < -0.4 is 10.1 Å². The molecular weight excluding hydrogens is 332 g/mol. The highest BCUT2D eigenvalue weighted by atomic mass is 35.5. The summed E-state index contributed by atoms with van der Waals surface area (Å²) in [7, 11) is 0. The molecule has 0 saturated heterocycles. The fourth-order valence-corrected chi connectivity index (χ4v) is 1.98. The van der Waals surface area contributed by atoms with Gasteiger partial charge in [0.05, 0.1) is 11.6 Å². The van der Waals surface area contributed by atoms with Crippen molar-refractivity contribution in [2.45, 2.75) is 20.0 Å². The number of hydrogen-bond acceptors (Lipinski definition) is 5. The minimum absolute atomic E-state index is 0.267. The zero-order valence-corrected chi connectivity index (χ0v) is 14.0. The van der Waals surface area contributed by atoms with Gasteiger partial charge in [0.25, 0.3) is 5.91 Å². The summed E-state index contributed by atoms with van der Waals surface area (Å²) in [6, 6.07) is 9.85. The molecule has 1 heterocycles. The molecule has 126 valence electrons. The number of para-hydroxylation sites is 1. The second kappa shape index (κ2) is 8.31. The van der Waals surface area contributed by atoms with Crippen molar-refractivity contribution in [3.63, 3.8) is 0 Å². The van der Waals surface area contributed by atoms with Gasteiger partial charge in [0.2, 0.25) is 0 Å². The third-order valence-corrected chi connectivity index (χ3v) is 3.26. The summed E-state index contributed by atoms with van der Waals surface area (Å²) in [5.74, 6) is -0.392. The van der Waals surface area contributed by atoms with Gasteiger partial charge in [-0.1, -0.05) is 23.7 Å². The van der Waals surface area contributed by atoms with Crippen LogP contribution in [0.15, 0.2) is 42.6 Å². The monoisotopic (exact) mass is 348 g/mol. The third-order valence-electron chi connectivity index (χ3n) is 3.04. The number of nitrogens with one attached hydrogen (secondary N) is 1. The van der Waals surface area contributed by atoms with Gasteiger partial charge >= 0.3 is 5.97 Å². The number of esters is 1. The summed E-state index contributed by atoms with van der Waals surface area (Å²) in [4.78, 5) is 28.3. The quantitative estimate of drug-likeness (QED) is 0.810. The van der Waals surface area contributed by atoms with Gasteiger partial charge in [0, 0.05) is 6.20 Å². The Hall–Kier alpha value is -2.60. The Bertz CT molecular complexity index is 719. The maximum atomic E-state index is 12.2. The summed E-state index contributed by atoms with van der Waals surface area (Å²) in [5, 5.41) is 3.01. The molecule has 24 heavy (non-hydrogen) atoms. The number of ether oxygens (including phenoxy) is 2. The number of halogens is 1. The van der Waals surface area contributed by atoms with Gasteiger partial charge in [-0.15, -0.1) is 0 Å². The first-order valence-corrected chi connectivity index (χ1v) is 7.74. The van der Waals surface area contributed by atoms with Crippen LogP contribution in [0, 0.1) is 0 Å². The first-order valence-electron chi connectivity index (χ1n) is 7.36. The van der Waals surface area contributed by atoms with Gasteiger partial charge in [0.1, 0.15) is 17.1 Å². The molecule has 2 rings (SSSR count). The number of nitrogens with zero attached hydrogens (tertiary/aromatic N) is 1. The van der Waals surface area contributed by atoms with Crippen LogP contribution in [0.3, 0.4) is 0 Å². The van der Waals surface area contributed by atoms with Crippen LogP contribution in [-0.4, -0.2) is 29.6 Å². The lowest BCUT2D eigenvalue weighted by atomic mass is 10.2. The van der Waals surface area contributed by atoms with E-state index in [4.69, 9.17) is 21.1 Å². The topological polar surface area (TPSA) is 77.5 Å². The third kappa shape index (κ3) is 4.70. The maximum Gasteiger partial charge on any atom is 0.342 e. The van der Waals surface area contributed by atoms with Crippen LogP contribution in [0.25, 0.3) is 0 Å². The van der Waals surface area contributed by atoms with Crippen LogP contribution in [-0.2, 0) is 9.53 Å². The van der Waals surface area contributed by atoms with Crippen molar-refractivity contribution in [2.24, 2.45) is 0 Å². The molecule has 0 fully saturated rings. The predicted octanol–water partition coefficient (Wildman–Crippen LogP) is 3.32. The van der Waals surface area contributed by atoms with E-state index in [9.17, 15) is 9.59 Å². The molecule has 0 aliphatic carbocycles. The standard InChI is InChI=1S/C17H17ClN2O4/c1-3-23-14-7-5-4-6-13(14)17(22)24-11(2)16(21)20-15-9-8-12(18)10-19-15/h4-11H,3H2,1-2H3,(H,19,20,21)/t11-/m0/s1. The molecule has 0 radical (unpaired) electrons. The van der Waals surface area contributed by atoms with Crippen LogP contribution >= 0.6 is 11.6 Å². The van der Waals surface area contributed by atoms with Crippen molar-refractivity contribution >= 4 is 29.3 Å². The van der Waals surface area contributed by atoms with E-state index in [2.05, 4.69) is 10.3 Å². The van der Waals surface area contributed by atoms with E-state index in [0.29, 0.717) is 23.2 Å². The lowest BCUT2D eigenvalue weighted by molar-refractivity contribution is -0.123. The molecule has 1 N–H and O–H groups in total. The summed E-state index contributed by atoms with van der Waals surface area (Å²) < 4.78 is 10.6. The van der Waals surface area contributed by atoms with Crippen LogP contribution in [0.2, 0.25) is 5.02 Å². The Morgan fingerprint density at radius 3 is 2.67 bits per heavy atom. The molecule has 0 bridgehead atoms. The van der Waals surface area contributed by atoms with Crippen molar-refractivity contribution in [1.82, 2.24) is 4.98 Å². The van der Waals surface area contributed by atoms with Crippen molar-refractivity contribution in [3.8, 4) is 5.75 Å². The van der Waals surface area contributed by atoms with Crippen molar-refractivity contribution < 1.29 is 19.1 Å². The molecule has 0 aliphatic rings. The summed E-state index contributed by atoms with van der Waals surface area (Å²) in [6.45, 7) is 3.71. The Balaban J connectivity index is 2.00. The molecule has 0 aliphatic heterocycles. The molecule has 1 aromatic heterocycles. The molecular formula is C17H17ClN2O4. The lowest BCUT2D eigenvalue weighted by Gasteiger charge is -2.14. The van der Waals surface area contributed by atoms with Gasteiger partial charge in [-0.3, -0.25) is 4.79 Å². The highest BCUT2D eigenvalue weighted by Gasteiger charge is 2.21. The molecule has 1 amide bonds. The summed E-state index contributed by atoms with van der Waals surface area (Å²) in [6.07, 6.45) is 0.413. The van der Waals surface area contributed by atoms with Gasteiger partial charge in [-0.2, -0.15) is 0 Å². The molecule has 0 spiro atoms. The molecule has 1 atom stereocenters. The van der Waals surface area contributed by atoms with Crippen LogP contribution in [0.4, 0.5) is 5.82 Å². The number of carbonyl (C=O) groups excluding carboxylic acids is 2. The number of benzene rings is 1. The summed E-state index contributed by atoms with van der Waals surface area (Å²) in [5.41, 5.74) is 0.267. The number of carbonyl (C=O) groups is 2. The second-order valence-corrected chi connectivity index (χ2v) is 5.26. The smallest absolute Gasteiger partial charge is 0.342 e. The Morgan fingerprint density at radius 2 is 2.00 bits per heavy atom. The Morgan fingerprint density at radius 1 is 1.25 bits per heavy atom. The van der Waals surface area contributed by atoms with Gasteiger partial charge in [-0.05, 0) is 38.1 Å². The molecule has 0 saturated carbocycles. The van der Waals surface area contributed by atoms with E-state index in [1.165, 1.54) is 13.1 Å². The second-order valence-electron chi connectivity index (χ2n) is 4.83. The van der Waals surface area contributed by atoms with E-state index in [-0.39, 0.29) is 5.56 Å². The number of hydrogen-bond donors (Lipinski definition) is 1. The highest BCUT2D eigenvalue weighted by molar-refractivity contribution is 6.30. The lowest BCUT2D eigenvalue weighted by Crippen LogP contribution is -2.30. The molecule has 7 heteroatoms. The molecule has 6 nitrogen and oxygen atoms in total. The van der Waals surface area contributed by atoms with Crippen LogP contribution in [0.5, 0.6) is 5.75 Å². The van der Waals surface area contributed by atoms with Crippen molar-refractivity contribution in [3.05, 3.63) is 53.2 Å². The Labute approximate surface area is 144 Å². The zero-order valence-electron chi connectivity index (χ0n) is 13.3. The largest absolute Gasteiger partial charge is 0.493 e. The number of amides is 1. The van der Waals surface area contributed by atoms with E-state index >= 15 is 0 Å². The minimum atomic E-state index is -0.996. The number of rotatable bonds is 6. The SMILES string of the molecule is CCOc1ccccc1C(=O)O[C@@H](C)C(=O)Nc1ccc(Cl)cn1. The van der Waals surface area contributed by atoms with Gasteiger partial charge < -0.3 is 14.8 Å². The fourth-order valence-electron chi connectivity index (χ4n) is 1.87. The number of pyridine rings is 1. The first-order chi connectivity index (χ1) is 11.5. The van der Waals surface area contributed by atoms with E-state index in [1.807, 2.05) is 6.92 Å². The molecule has 0 unspecified atom stereocenters. The summed E-state index contributed by atoms with van der Waals surface area (Å²) >= 11 is 5.73. The molecule has 1 aromatic carbocycles. The van der Waals surface area contributed by atoms with E-state index in [0.717, 1.165) is 0 Å². The van der Waals surface area contributed by atoms with Crippen molar-refractivity contribution in [1.29, 1.82) is 0 Å². The van der Waals surface area contributed by atoms with Gasteiger partial charge in [-0.25, -0.2) is 9.78 Å². The first kappa shape index (κ1) is 17.7. The normalized spacial score (nSPS) is 11.5. The predicted molar refractivity (Wildman–Crippen MR) is 90.4 cm³/mol. The zero-order chi connectivity index (χ0) is 17.5. The van der Waals surface area contributed by atoms with Crippen molar-refractivity contribution in [2.75, 3.05) is 11.9 Å². The fraction of sp³-hybridized carbons (Fsp3) is 0.235. The minimum Gasteiger partial charge on any atom is -0.493 e. The Kier molecular flexibility index (Phi) is 6.14. The average molecular weight is 349 g/mol. The highest BCUT2D eigenvalue weighted by Crippen LogP contribution is 2.19. The maximum absolute atomic E-state index is 12.2. The van der Waals surface area contributed by atoms with Gasteiger partial charge in [0.15, 0.2) is 6.10 Å². The van der Waals surface area contributed by atoms with E-state index in [1.54, 1.807) is 36.4 Å². The average Bonchev–Trinajstić information content (AvgIpc) is 2.57. The van der Waals surface area contributed by atoms with E-state index < -0.39 is 18.0 Å².